The Morgan fingerprint density at radius 1 is 1.52 bits per heavy atom. The molecule has 116 valence electrons. The summed E-state index contributed by atoms with van der Waals surface area (Å²) in [6.07, 6.45) is 0.456. The van der Waals surface area contributed by atoms with Gasteiger partial charge in [0, 0.05) is 19.6 Å². The van der Waals surface area contributed by atoms with Crippen LogP contribution in [0.2, 0.25) is 0 Å². The molecule has 1 aromatic carbocycles. The van der Waals surface area contributed by atoms with E-state index >= 15 is 0 Å². The first-order chi connectivity index (χ1) is 9.95. The van der Waals surface area contributed by atoms with Gasteiger partial charge in [-0.15, -0.1) is 0 Å². The van der Waals surface area contributed by atoms with Crippen LogP contribution >= 0.6 is 0 Å². The molecule has 2 N–H and O–H groups in total. The summed E-state index contributed by atoms with van der Waals surface area (Å²) < 4.78 is 13.2. The van der Waals surface area contributed by atoms with Crippen LogP contribution < -0.4 is 5.32 Å². The summed E-state index contributed by atoms with van der Waals surface area (Å²) in [5, 5.41) is 12.5. The van der Waals surface area contributed by atoms with Gasteiger partial charge in [0.1, 0.15) is 5.82 Å². The van der Waals surface area contributed by atoms with Crippen molar-refractivity contribution in [3.63, 3.8) is 0 Å². The molecule has 1 aliphatic heterocycles. The zero-order valence-corrected chi connectivity index (χ0v) is 12.6. The molecule has 21 heavy (non-hydrogen) atoms. The highest BCUT2D eigenvalue weighted by Gasteiger charge is 2.25. The fraction of sp³-hybridized carbons (Fsp3) is 0.562. The molecule has 0 saturated carbocycles. The number of likely N-dealkylation sites (tertiary alicyclic amines) is 1. The maximum absolute atomic E-state index is 13.2. The van der Waals surface area contributed by atoms with Crippen LogP contribution in [0.3, 0.4) is 0 Å². The first kappa shape index (κ1) is 15.9. The molecule has 1 fully saturated rings. The van der Waals surface area contributed by atoms with Gasteiger partial charge in [0.2, 0.25) is 5.91 Å². The fourth-order valence-electron chi connectivity index (χ4n) is 2.64. The van der Waals surface area contributed by atoms with Crippen LogP contribution in [-0.4, -0.2) is 41.7 Å². The number of piperidine rings is 1. The molecule has 1 amide bonds. The molecule has 2 atom stereocenters. The van der Waals surface area contributed by atoms with E-state index in [-0.39, 0.29) is 23.7 Å². The van der Waals surface area contributed by atoms with Gasteiger partial charge in [-0.3, -0.25) is 9.69 Å². The maximum atomic E-state index is 13.2. The first-order valence-electron chi connectivity index (χ1n) is 7.38. The summed E-state index contributed by atoms with van der Waals surface area (Å²) in [7, 11) is 0. The number of carbonyl (C=O) groups excluding carboxylic acids is 1. The zero-order valence-electron chi connectivity index (χ0n) is 12.6. The zero-order chi connectivity index (χ0) is 15.4. The van der Waals surface area contributed by atoms with Crippen molar-refractivity contribution >= 4 is 5.91 Å². The van der Waals surface area contributed by atoms with Crippen LogP contribution in [-0.2, 0) is 11.3 Å². The quantitative estimate of drug-likeness (QED) is 0.884. The fourth-order valence-corrected chi connectivity index (χ4v) is 2.64. The third-order valence-corrected chi connectivity index (χ3v) is 4.02. The minimum Gasteiger partial charge on any atom is -0.393 e. The summed E-state index contributed by atoms with van der Waals surface area (Å²) in [6.45, 7) is 5.94. The third kappa shape index (κ3) is 4.51. The Balaban J connectivity index is 1.78. The summed E-state index contributed by atoms with van der Waals surface area (Å²) in [5.74, 6) is -0.0715. The van der Waals surface area contributed by atoms with E-state index < -0.39 is 0 Å². The molecular weight excluding hydrogens is 271 g/mol. The predicted octanol–water partition coefficient (Wildman–Crippen LogP) is 1.45. The molecule has 0 aromatic heterocycles. The molecule has 5 heteroatoms. The largest absolute Gasteiger partial charge is 0.393 e. The van der Waals surface area contributed by atoms with Crippen LogP contribution in [0.25, 0.3) is 0 Å². The standard InChI is InChI=1S/C16H23FN2O2/c1-11-7-13(3-4-14(11)17)8-18-16(21)10-19-6-5-15(20)12(2)9-19/h3-4,7,12,15,20H,5-6,8-10H2,1-2H3,(H,18,21). The number of carbonyl (C=O) groups is 1. The highest BCUT2D eigenvalue weighted by atomic mass is 19.1. The minimum absolute atomic E-state index is 0.0411. The Morgan fingerprint density at radius 3 is 2.95 bits per heavy atom. The Morgan fingerprint density at radius 2 is 2.29 bits per heavy atom. The molecule has 1 aliphatic rings. The lowest BCUT2D eigenvalue weighted by atomic mass is 9.97. The van der Waals surface area contributed by atoms with Crippen molar-refractivity contribution in [2.24, 2.45) is 5.92 Å². The van der Waals surface area contributed by atoms with Crippen molar-refractivity contribution < 1.29 is 14.3 Å². The van der Waals surface area contributed by atoms with Crippen molar-refractivity contribution in [2.75, 3.05) is 19.6 Å². The molecule has 0 spiro atoms. The Hall–Kier alpha value is -1.46. The number of amides is 1. The van der Waals surface area contributed by atoms with E-state index in [4.69, 9.17) is 0 Å². The van der Waals surface area contributed by atoms with Gasteiger partial charge in [0.05, 0.1) is 12.6 Å². The number of rotatable bonds is 4. The number of hydrogen-bond donors (Lipinski definition) is 2. The number of hydrogen-bond acceptors (Lipinski definition) is 3. The predicted molar refractivity (Wildman–Crippen MR) is 79.2 cm³/mol. The number of aryl methyl sites for hydroxylation is 1. The second-order valence-corrected chi connectivity index (χ2v) is 5.93. The van der Waals surface area contributed by atoms with Gasteiger partial charge >= 0.3 is 0 Å². The van der Waals surface area contributed by atoms with Crippen LogP contribution in [0.5, 0.6) is 0 Å². The lowest BCUT2D eigenvalue weighted by Crippen LogP contribution is -2.46. The average Bonchev–Trinajstić information content (AvgIpc) is 2.44. The molecule has 0 radical (unpaired) electrons. The molecule has 0 bridgehead atoms. The molecule has 4 nitrogen and oxygen atoms in total. The smallest absolute Gasteiger partial charge is 0.234 e. The van der Waals surface area contributed by atoms with Gasteiger partial charge < -0.3 is 10.4 Å². The summed E-state index contributed by atoms with van der Waals surface area (Å²) in [5.41, 5.74) is 1.48. The summed E-state index contributed by atoms with van der Waals surface area (Å²) >= 11 is 0. The van der Waals surface area contributed by atoms with Crippen molar-refractivity contribution in [3.8, 4) is 0 Å². The Labute approximate surface area is 125 Å². The SMILES string of the molecule is Cc1cc(CNC(=O)CN2CCC(O)C(C)C2)ccc1F. The topological polar surface area (TPSA) is 52.6 Å². The van der Waals surface area contributed by atoms with Crippen molar-refractivity contribution in [2.45, 2.75) is 32.9 Å². The van der Waals surface area contributed by atoms with Gasteiger partial charge in [-0.05, 0) is 36.5 Å². The van der Waals surface area contributed by atoms with Crippen LogP contribution in [0.4, 0.5) is 4.39 Å². The van der Waals surface area contributed by atoms with E-state index in [0.717, 1.165) is 18.7 Å². The molecule has 0 aliphatic carbocycles. The maximum Gasteiger partial charge on any atom is 0.234 e. The molecule has 1 heterocycles. The highest BCUT2D eigenvalue weighted by molar-refractivity contribution is 5.78. The molecule has 1 saturated heterocycles. The summed E-state index contributed by atoms with van der Waals surface area (Å²) in [6, 6.07) is 4.85. The summed E-state index contributed by atoms with van der Waals surface area (Å²) in [4.78, 5) is 14.0. The highest BCUT2D eigenvalue weighted by Crippen LogP contribution is 2.16. The number of nitrogens with zero attached hydrogens (tertiary/aromatic N) is 1. The van der Waals surface area contributed by atoms with E-state index in [1.54, 1.807) is 19.1 Å². The van der Waals surface area contributed by atoms with Crippen molar-refractivity contribution in [1.82, 2.24) is 10.2 Å². The van der Waals surface area contributed by atoms with Gasteiger partial charge in [0.25, 0.3) is 0 Å². The van der Waals surface area contributed by atoms with Crippen LogP contribution in [0, 0.1) is 18.7 Å². The Kier molecular flexibility index (Phi) is 5.31. The van der Waals surface area contributed by atoms with Crippen LogP contribution in [0.15, 0.2) is 18.2 Å². The van der Waals surface area contributed by atoms with Gasteiger partial charge in [-0.1, -0.05) is 19.1 Å². The number of aliphatic hydroxyl groups is 1. The normalized spacial score (nSPS) is 23.0. The third-order valence-electron chi connectivity index (χ3n) is 4.02. The number of halogens is 1. The van der Waals surface area contributed by atoms with Gasteiger partial charge in [-0.2, -0.15) is 0 Å². The number of aliphatic hydroxyl groups excluding tert-OH is 1. The average molecular weight is 294 g/mol. The van der Waals surface area contributed by atoms with E-state index in [2.05, 4.69) is 10.2 Å². The minimum atomic E-state index is -0.258. The first-order valence-corrected chi connectivity index (χ1v) is 7.38. The van der Waals surface area contributed by atoms with Crippen LogP contribution in [0.1, 0.15) is 24.5 Å². The van der Waals surface area contributed by atoms with E-state index in [1.807, 2.05) is 6.92 Å². The van der Waals surface area contributed by atoms with Crippen molar-refractivity contribution in [3.05, 3.63) is 35.1 Å². The molecule has 2 rings (SSSR count). The lowest BCUT2D eigenvalue weighted by molar-refractivity contribution is -0.123. The van der Waals surface area contributed by atoms with E-state index in [0.29, 0.717) is 25.1 Å². The Bertz CT molecular complexity index is 507. The van der Waals surface area contributed by atoms with Crippen molar-refractivity contribution in [1.29, 1.82) is 0 Å². The second-order valence-electron chi connectivity index (χ2n) is 5.93. The molecule has 2 unspecified atom stereocenters. The van der Waals surface area contributed by atoms with Gasteiger partial charge in [-0.25, -0.2) is 4.39 Å². The molecule has 1 aromatic rings. The number of benzene rings is 1. The second kappa shape index (κ2) is 7.00. The molecular formula is C16H23FN2O2. The van der Waals surface area contributed by atoms with E-state index in [1.165, 1.54) is 6.07 Å². The van der Waals surface area contributed by atoms with E-state index in [9.17, 15) is 14.3 Å². The number of nitrogens with one attached hydrogen (secondary N) is 1. The van der Waals surface area contributed by atoms with Gasteiger partial charge in [0.15, 0.2) is 0 Å². The monoisotopic (exact) mass is 294 g/mol. The lowest BCUT2D eigenvalue weighted by Gasteiger charge is -2.33.